The van der Waals surface area contributed by atoms with Gasteiger partial charge in [0.15, 0.2) is 0 Å². The third-order valence-electron chi connectivity index (χ3n) is 5.30. The first-order valence-corrected chi connectivity index (χ1v) is 10.5. The van der Waals surface area contributed by atoms with Crippen LogP contribution in [-0.2, 0) is 12.0 Å². The molecule has 3 heteroatoms. The normalized spacial score (nSPS) is 14.7. The maximum atomic E-state index is 11.5. The topological polar surface area (TPSA) is 20.2 Å². The second-order valence-electron chi connectivity index (χ2n) is 6.92. The molecule has 2 heterocycles. The summed E-state index contributed by atoms with van der Waals surface area (Å²) >= 11 is 3.41. The first kappa shape index (κ1) is 16.0. The molecule has 1 aliphatic carbocycles. The standard InChI is InChI=1S/C23H18OS2/c1-23(24,20-10-12-26-22(20)21-7-4-11-25-21)17-9-8-16-13-15-5-2-3-6-18(15)19(16)14-17/h2-12,14,24H,13H2,1H3. The van der Waals surface area contributed by atoms with Crippen molar-refractivity contribution in [2.75, 3.05) is 0 Å². The molecule has 0 aliphatic heterocycles. The van der Waals surface area contributed by atoms with E-state index in [9.17, 15) is 5.11 Å². The van der Waals surface area contributed by atoms with Gasteiger partial charge in [0.1, 0.15) is 5.60 Å². The zero-order valence-electron chi connectivity index (χ0n) is 14.4. The van der Waals surface area contributed by atoms with Gasteiger partial charge in [-0.2, -0.15) is 0 Å². The molecule has 1 atom stereocenters. The molecule has 4 aromatic rings. The lowest BCUT2D eigenvalue weighted by atomic mass is 9.86. The number of rotatable bonds is 3. The van der Waals surface area contributed by atoms with Crippen molar-refractivity contribution in [1.82, 2.24) is 0 Å². The minimum Gasteiger partial charge on any atom is -0.381 e. The fourth-order valence-electron chi connectivity index (χ4n) is 3.87. The van der Waals surface area contributed by atoms with E-state index in [4.69, 9.17) is 0 Å². The van der Waals surface area contributed by atoms with Gasteiger partial charge in [0, 0.05) is 10.4 Å². The van der Waals surface area contributed by atoms with Crippen molar-refractivity contribution in [1.29, 1.82) is 0 Å². The molecule has 26 heavy (non-hydrogen) atoms. The van der Waals surface area contributed by atoms with Crippen molar-refractivity contribution in [2.45, 2.75) is 18.9 Å². The van der Waals surface area contributed by atoms with Crippen LogP contribution >= 0.6 is 22.7 Å². The highest BCUT2D eigenvalue weighted by Gasteiger charge is 2.31. The van der Waals surface area contributed by atoms with E-state index in [2.05, 4.69) is 71.4 Å². The van der Waals surface area contributed by atoms with E-state index in [0.717, 1.165) is 22.4 Å². The summed E-state index contributed by atoms with van der Waals surface area (Å²) in [5.41, 5.74) is 6.17. The van der Waals surface area contributed by atoms with Crippen LogP contribution in [0.5, 0.6) is 0 Å². The third kappa shape index (κ3) is 2.39. The van der Waals surface area contributed by atoms with Crippen LogP contribution in [0.4, 0.5) is 0 Å². The maximum Gasteiger partial charge on any atom is 0.113 e. The third-order valence-corrected chi connectivity index (χ3v) is 7.26. The smallest absolute Gasteiger partial charge is 0.113 e. The molecule has 0 saturated heterocycles. The van der Waals surface area contributed by atoms with Crippen LogP contribution in [0.1, 0.15) is 29.2 Å². The molecular weight excluding hydrogens is 356 g/mol. The van der Waals surface area contributed by atoms with Crippen LogP contribution in [-0.4, -0.2) is 5.11 Å². The molecule has 1 aliphatic rings. The molecule has 0 bridgehead atoms. The van der Waals surface area contributed by atoms with Gasteiger partial charge in [-0.05, 0) is 70.1 Å². The number of benzene rings is 2. The Morgan fingerprint density at radius 2 is 1.69 bits per heavy atom. The fourth-order valence-corrected chi connectivity index (χ4v) is 5.76. The molecule has 1 nitrogen and oxygen atoms in total. The van der Waals surface area contributed by atoms with Crippen LogP contribution in [0.25, 0.3) is 20.9 Å². The number of thiophene rings is 2. The summed E-state index contributed by atoms with van der Waals surface area (Å²) in [5.74, 6) is 0. The van der Waals surface area contributed by atoms with Crippen LogP contribution < -0.4 is 0 Å². The highest BCUT2D eigenvalue weighted by Crippen LogP contribution is 2.44. The Bertz CT molecular complexity index is 1090. The predicted molar refractivity (Wildman–Crippen MR) is 111 cm³/mol. The Labute approximate surface area is 161 Å². The van der Waals surface area contributed by atoms with E-state index in [1.807, 2.05) is 6.92 Å². The van der Waals surface area contributed by atoms with E-state index >= 15 is 0 Å². The number of hydrogen-bond donors (Lipinski definition) is 1. The van der Waals surface area contributed by atoms with Crippen molar-refractivity contribution in [3.63, 3.8) is 0 Å². The molecule has 1 unspecified atom stereocenters. The molecule has 128 valence electrons. The van der Waals surface area contributed by atoms with E-state index in [1.165, 1.54) is 27.1 Å². The van der Waals surface area contributed by atoms with Gasteiger partial charge in [-0.1, -0.05) is 42.5 Å². The van der Waals surface area contributed by atoms with Crippen molar-refractivity contribution in [3.8, 4) is 20.9 Å². The summed E-state index contributed by atoms with van der Waals surface area (Å²) in [6.45, 7) is 1.91. The average molecular weight is 375 g/mol. The summed E-state index contributed by atoms with van der Waals surface area (Å²) in [4.78, 5) is 2.37. The molecule has 1 N–H and O–H groups in total. The Morgan fingerprint density at radius 1 is 0.846 bits per heavy atom. The zero-order valence-corrected chi connectivity index (χ0v) is 16.0. The van der Waals surface area contributed by atoms with Crippen molar-refractivity contribution in [2.24, 2.45) is 0 Å². The number of hydrogen-bond acceptors (Lipinski definition) is 3. The van der Waals surface area contributed by atoms with Crippen LogP contribution in [0.15, 0.2) is 71.4 Å². The molecule has 2 aromatic heterocycles. The molecule has 2 aromatic carbocycles. The van der Waals surface area contributed by atoms with E-state index in [-0.39, 0.29) is 0 Å². The van der Waals surface area contributed by atoms with Crippen molar-refractivity contribution in [3.05, 3.63) is 93.7 Å². The Balaban J connectivity index is 1.63. The minimum absolute atomic E-state index is 0.948. The van der Waals surface area contributed by atoms with E-state index < -0.39 is 5.60 Å². The quantitative estimate of drug-likeness (QED) is 0.393. The van der Waals surface area contributed by atoms with E-state index in [0.29, 0.717) is 0 Å². The van der Waals surface area contributed by atoms with Crippen molar-refractivity contribution >= 4 is 22.7 Å². The molecular formula is C23H18OS2. The highest BCUT2D eigenvalue weighted by atomic mass is 32.1. The van der Waals surface area contributed by atoms with E-state index in [1.54, 1.807) is 22.7 Å². The summed E-state index contributed by atoms with van der Waals surface area (Å²) in [5, 5.41) is 15.7. The SMILES string of the molecule is CC(O)(c1ccc2c(c1)-c1ccccc1C2)c1ccsc1-c1cccs1. The Hall–Kier alpha value is -2.20. The summed E-state index contributed by atoms with van der Waals surface area (Å²) in [7, 11) is 0. The summed E-state index contributed by atoms with van der Waals surface area (Å²) < 4.78 is 0. The number of fused-ring (bicyclic) bond motifs is 3. The lowest BCUT2D eigenvalue weighted by molar-refractivity contribution is 0.103. The lowest BCUT2D eigenvalue weighted by Crippen LogP contribution is -2.22. The van der Waals surface area contributed by atoms with Gasteiger partial charge in [0.05, 0.1) is 4.88 Å². The zero-order chi connectivity index (χ0) is 17.7. The largest absolute Gasteiger partial charge is 0.381 e. The molecule has 0 radical (unpaired) electrons. The van der Waals surface area contributed by atoms with Gasteiger partial charge >= 0.3 is 0 Å². The van der Waals surface area contributed by atoms with Gasteiger partial charge in [0.2, 0.25) is 0 Å². The first-order valence-electron chi connectivity index (χ1n) is 8.70. The monoisotopic (exact) mass is 374 g/mol. The Kier molecular flexibility index (Phi) is 3.64. The summed E-state index contributed by atoms with van der Waals surface area (Å²) in [6, 6.07) is 21.2. The van der Waals surface area contributed by atoms with Gasteiger partial charge < -0.3 is 5.11 Å². The fraction of sp³-hybridized carbons (Fsp3) is 0.130. The lowest BCUT2D eigenvalue weighted by Gasteiger charge is -2.25. The second-order valence-corrected chi connectivity index (χ2v) is 8.78. The van der Waals surface area contributed by atoms with Crippen molar-refractivity contribution < 1.29 is 5.11 Å². The van der Waals surface area contributed by atoms with Gasteiger partial charge in [0.25, 0.3) is 0 Å². The summed E-state index contributed by atoms with van der Waals surface area (Å²) in [6.07, 6.45) is 0.979. The van der Waals surface area contributed by atoms with Crippen LogP contribution in [0.2, 0.25) is 0 Å². The average Bonchev–Trinajstić information content (AvgIpc) is 3.38. The first-order chi connectivity index (χ1) is 12.6. The molecule has 0 fully saturated rings. The van der Waals surface area contributed by atoms with Gasteiger partial charge in [-0.15, -0.1) is 22.7 Å². The predicted octanol–water partition coefficient (Wildman–Crippen LogP) is 6.30. The Morgan fingerprint density at radius 3 is 2.54 bits per heavy atom. The molecule has 5 rings (SSSR count). The highest BCUT2D eigenvalue weighted by molar-refractivity contribution is 7.20. The maximum absolute atomic E-state index is 11.5. The molecule has 0 amide bonds. The van der Waals surface area contributed by atoms with Gasteiger partial charge in [-0.3, -0.25) is 0 Å². The minimum atomic E-state index is -1.02. The molecule has 0 saturated carbocycles. The second kappa shape index (κ2) is 5.92. The molecule has 0 spiro atoms. The number of aliphatic hydroxyl groups is 1. The van der Waals surface area contributed by atoms with Gasteiger partial charge in [-0.25, -0.2) is 0 Å². The van der Waals surface area contributed by atoms with Crippen LogP contribution in [0.3, 0.4) is 0 Å². The van der Waals surface area contributed by atoms with Crippen LogP contribution in [0, 0.1) is 0 Å².